The number of carbonyl (C=O) groups is 1. The molecule has 3 aliphatic rings. The standard InChI is InChI=1S/C21H29NO5/c1-24-18-11-14-9-15(20(23)16(14)12-19(18)25-2)10-17(21-26-7-8-27-21)13-3-5-22-6-4-13/h11-13,15,17,21-22H,3-10H2,1-2H3. The van der Waals surface area contributed by atoms with Crippen LogP contribution in [0.2, 0.25) is 0 Å². The summed E-state index contributed by atoms with van der Waals surface area (Å²) in [5, 5.41) is 3.43. The first-order chi connectivity index (χ1) is 13.2. The van der Waals surface area contributed by atoms with Crippen LogP contribution >= 0.6 is 0 Å². The molecule has 0 radical (unpaired) electrons. The average molecular weight is 375 g/mol. The molecule has 0 aromatic heterocycles. The number of nitrogens with one attached hydrogen (secondary N) is 1. The van der Waals surface area contributed by atoms with Crippen molar-refractivity contribution in [3.8, 4) is 11.5 Å². The summed E-state index contributed by atoms with van der Waals surface area (Å²) in [7, 11) is 3.23. The van der Waals surface area contributed by atoms with Crippen LogP contribution in [0.25, 0.3) is 0 Å². The Labute approximate surface area is 160 Å². The van der Waals surface area contributed by atoms with Crippen LogP contribution < -0.4 is 14.8 Å². The Morgan fingerprint density at radius 2 is 1.78 bits per heavy atom. The zero-order valence-corrected chi connectivity index (χ0v) is 16.2. The average Bonchev–Trinajstić information content (AvgIpc) is 3.34. The van der Waals surface area contributed by atoms with Crippen molar-refractivity contribution in [1.29, 1.82) is 0 Å². The lowest BCUT2D eigenvalue weighted by Crippen LogP contribution is -2.38. The van der Waals surface area contributed by atoms with E-state index >= 15 is 0 Å². The lowest BCUT2D eigenvalue weighted by Gasteiger charge is -2.34. The lowest BCUT2D eigenvalue weighted by atomic mass is 9.78. The molecular weight excluding hydrogens is 346 g/mol. The van der Waals surface area contributed by atoms with E-state index in [1.807, 2.05) is 12.1 Å². The summed E-state index contributed by atoms with van der Waals surface area (Å²) in [6.07, 6.45) is 3.62. The van der Waals surface area contributed by atoms with Crippen LogP contribution in [0, 0.1) is 17.8 Å². The van der Waals surface area contributed by atoms with Crippen molar-refractivity contribution >= 4 is 5.78 Å². The first-order valence-electron chi connectivity index (χ1n) is 9.94. The molecule has 1 N–H and O–H groups in total. The Hall–Kier alpha value is -1.63. The third-order valence-electron chi connectivity index (χ3n) is 6.26. The number of ether oxygens (including phenoxy) is 4. The second kappa shape index (κ2) is 8.17. The van der Waals surface area contributed by atoms with Gasteiger partial charge in [-0.1, -0.05) is 0 Å². The van der Waals surface area contributed by atoms with E-state index in [0.29, 0.717) is 30.6 Å². The molecule has 2 unspecified atom stereocenters. The summed E-state index contributed by atoms with van der Waals surface area (Å²) in [5.74, 6) is 2.29. The summed E-state index contributed by atoms with van der Waals surface area (Å²) in [6, 6.07) is 3.78. The summed E-state index contributed by atoms with van der Waals surface area (Å²) in [4.78, 5) is 13.1. The molecule has 1 aromatic rings. The number of carbonyl (C=O) groups excluding carboxylic acids is 1. The van der Waals surface area contributed by atoms with Gasteiger partial charge < -0.3 is 24.3 Å². The number of methoxy groups -OCH3 is 2. The summed E-state index contributed by atoms with van der Waals surface area (Å²) < 4.78 is 22.5. The van der Waals surface area contributed by atoms with Crippen molar-refractivity contribution in [1.82, 2.24) is 5.32 Å². The summed E-state index contributed by atoms with van der Waals surface area (Å²) in [6.45, 7) is 3.36. The smallest absolute Gasteiger partial charge is 0.166 e. The second-order valence-electron chi connectivity index (χ2n) is 7.73. The summed E-state index contributed by atoms with van der Waals surface area (Å²) in [5.41, 5.74) is 1.83. The van der Waals surface area contributed by atoms with Crippen molar-refractivity contribution in [3.63, 3.8) is 0 Å². The molecule has 4 rings (SSSR count). The maximum atomic E-state index is 13.1. The van der Waals surface area contributed by atoms with E-state index < -0.39 is 0 Å². The molecule has 27 heavy (non-hydrogen) atoms. The monoisotopic (exact) mass is 375 g/mol. The van der Waals surface area contributed by atoms with Gasteiger partial charge in [0.25, 0.3) is 0 Å². The third-order valence-corrected chi connectivity index (χ3v) is 6.26. The van der Waals surface area contributed by atoms with Crippen molar-refractivity contribution < 1.29 is 23.7 Å². The number of hydrogen-bond donors (Lipinski definition) is 1. The number of Topliss-reactive ketones (excluding diaryl/α,β-unsaturated/α-hetero) is 1. The highest BCUT2D eigenvalue weighted by molar-refractivity contribution is 6.02. The molecule has 2 saturated heterocycles. The minimum atomic E-state index is -0.173. The van der Waals surface area contributed by atoms with E-state index in [0.717, 1.165) is 49.9 Å². The third kappa shape index (κ3) is 3.71. The van der Waals surface area contributed by atoms with Gasteiger partial charge in [0.15, 0.2) is 23.6 Å². The topological polar surface area (TPSA) is 66.0 Å². The zero-order valence-electron chi connectivity index (χ0n) is 16.2. The largest absolute Gasteiger partial charge is 0.493 e. The van der Waals surface area contributed by atoms with E-state index in [4.69, 9.17) is 18.9 Å². The Morgan fingerprint density at radius 3 is 2.44 bits per heavy atom. The van der Waals surface area contributed by atoms with Crippen LogP contribution in [-0.2, 0) is 15.9 Å². The maximum Gasteiger partial charge on any atom is 0.166 e. The number of fused-ring (bicyclic) bond motifs is 1. The Bertz CT molecular complexity index is 679. The van der Waals surface area contributed by atoms with Gasteiger partial charge in [-0.3, -0.25) is 4.79 Å². The Morgan fingerprint density at radius 1 is 1.11 bits per heavy atom. The fraction of sp³-hybridized carbons (Fsp3) is 0.667. The molecule has 2 atom stereocenters. The fourth-order valence-electron chi connectivity index (χ4n) is 4.84. The molecule has 148 valence electrons. The molecule has 0 spiro atoms. The molecule has 2 heterocycles. The first-order valence-corrected chi connectivity index (χ1v) is 9.94. The number of ketones is 1. The van der Waals surface area contributed by atoms with Crippen molar-refractivity contribution in [2.75, 3.05) is 40.5 Å². The van der Waals surface area contributed by atoms with Gasteiger partial charge in [-0.15, -0.1) is 0 Å². The van der Waals surface area contributed by atoms with Crippen LogP contribution in [-0.4, -0.2) is 52.6 Å². The van der Waals surface area contributed by atoms with Gasteiger partial charge in [0.1, 0.15) is 0 Å². The lowest BCUT2D eigenvalue weighted by molar-refractivity contribution is -0.107. The predicted molar refractivity (Wildman–Crippen MR) is 100 cm³/mol. The van der Waals surface area contributed by atoms with Crippen molar-refractivity contribution in [3.05, 3.63) is 23.3 Å². The normalized spacial score (nSPS) is 24.8. The fourth-order valence-corrected chi connectivity index (χ4v) is 4.84. The van der Waals surface area contributed by atoms with Crippen LogP contribution in [0.5, 0.6) is 11.5 Å². The van der Waals surface area contributed by atoms with E-state index in [1.165, 1.54) is 0 Å². The second-order valence-corrected chi connectivity index (χ2v) is 7.73. The highest BCUT2D eigenvalue weighted by Crippen LogP contribution is 2.41. The molecule has 6 nitrogen and oxygen atoms in total. The quantitative estimate of drug-likeness (QED) is 0.824. The van der Waals surface area contributed by atoms with Gasteiger partial charge >= 0.3 is 0 Å². The van der Waals surface area contributed by atoms with E-state index in [-0.39, 0.29) is 23.9 Å². The van der Waals surface area contributed by atoms with E-state index in [9.17, 15) is 4.79 Å². The zero-order chi connectivity index (χ0) is 18.8. The summed E-state index contributed by atoms with van der Waals surface area (Å²) >= 11 is 0. The van der Waals surface area contributed by atoms with Crippen LogP contribution in [0.3, 0.4) is 0 Å². The van der Waals surface area contributed by atoms with E-state index in [2.05, 4.69) is 5.32 Å². The number of hydrogen-bond acceptors (Lipinski definition) is 6. The molecule has 2 fully saturated rings. The molecule has 1 aromatic carbocycles. The minimum absolute atomic E-state index is 0.0236. The SMILES string of the molecule is COc1cc2c(cc1OC)C(=O)C(CC(C1CCNCC1)C1OCCO1)C2. The highest BCUT2D eigenvalue weighted by Gasteiger charge is 2.40. The molecule has 1 aliphatic carbocycles. The molecule has 2 aliphatic heterocycles. The van der Waals surface area contributed by atoms with Gasteiger partial charge in [-0.05, 0) is 62.4 Å². The molecule has 0 amide bonds. The number of rotatable bonds is 6. The van der Waals surface area contributed by atoms with Crippen molar-refractivity contribution in [2.45, 2.75) is 32.0 Å². The van der Waals surface area contributed by atoms with Gasteiger partial charge in [0, 0.05) is 17.4 Å². The van der Waals surface area contributed by atoms with Gasteiger partial charge in [-0.2, -0.15) is 0 Å². The van der Waals surface area contributed by atoms with Gasteiger partial charge in [0.2, 0.25) is 0 Å². The van der Waals surface area contributed by atoms with Crippen LogP contribution in [0.15, 0.2) is 12.1 Å². The van der Waals surface area contributed by atoms with Gasteiger partial charge in [0.05, 0.1) is 27.4 Å². The van der Waals surface area contributed by atoms with Crippen LogP contribution in [0.4, 0.5) is 0 Å². The highest BCUT2D eigenvalue weighted by atomic mass is 16.7. The van der Waals surface area contributed by atoms with Gasteiger partial charge in [-0.25, -0.2) is 0 Å². The van der Waals surface area contributed by atoms with Crippen LogP contribution in [0.1, 0.15) is 35.2 Å². The van der Waals surface area contributed by atoms with E-state index in [1.54, 1.807) is 14.2 Å². The number of benzene rings is 1. The molecule has 0 bridgehead atoms. The minimum Gasteiger partial charge on any atom is -0.493 e. The Kier molecular flexibility index (Phi) is 5.66. The molecule has 0 saturated carbocycles. The number of piperidine rings is 1. The molecular formula is C21H29NO5. The Balaban J connectivity index is 1.54. The first kappa shape index (κ1) is 18.7. The molecule has 6 heteroatoms. The van der Waals surface area contributed by atoms with Crippen molar-refractivity contribution in [2.24, 2.45) is 17.8 Å². The maximum absolute atomic E-state index is 13.1. The predicted octanol–water partition coefficient (Wildman–Crippen LogP) is 2.44.